The van der Waals surface area contributed by atoms with Crippen molar-refractivity contribution in [1.82, 2.24) is 9.78 Å². The Labute approximate surface area is 129 Å². The van der Waals surface area contributed by atoms with Crippen LogP contribution >= 0.6 is 15.9 Å². The third kappa shape index (κ3) is 3.25. The molecule has 1 aromatic heterocycles. The van der Waals surface area contributed by atoms with Gasteiger partial charge >= 0.3 is 0 Å². The number of nitrogens with zero attached hydrogens (tertiary/aromatic N) is 2. The van der Waals surface area contributed by atoms with E-state index in [0.29, 0.717) is 17.1 Å². The predicted molar refractivity (Wildman–Crippen MR) is 86.1 cm³/mol. The van der Waals surface area contributed by atoms with Crippen molar-refractivity contribution in [2.24, 2.45) is 5.41 Å². The monoisotopic (exact) mass is 341 g/mol. The number of nitrogens with one attached hydrogen (secondary N) is 1. The molecule has 112 valence electrons. The molecule has 0 aliphatic heterocycles. The first-order chi connectivity index (χ1) is 9.45. The van der Waals surface area contributed by atoms with Crippen molar-refractivity contribution in [3.63, 3.8) is 0 Å². The number of unbranched alkanes of at least 4 members (excludes halogenated alkanes) is 1. The van der Waals surface area contributed by atoms with Gasteiger partial charge in [0.1, 0.15) is 4.47 Å². The van der Waals surface area contributed by atoms with Gasteiger partial charge in [0.05, 0.1) is 11.9 Å². The Balaban J connectivity index is 2.17. The van der Waals surface area contributed by atoms with Crippen LogP contribution in [0.4, 0.5) is 5.69 Å². The van der Waals surface area contributed by atoms with Gasteiger partial charge in [0.2, 0.25) is 0 Å². The molecule has 20 heavy (non-hydrogen) atoms. The zero-order chi connectivity index (χ0) is 14.8. The van der Waals surface area contributed by atoms with Crippen molar-refractivity contribution in [2.45, 2.75) is 65.5 Å². The van der Waals surface area contributed by atoms with Crippen LogP contribution in [0.5, 0.6) is 0 Å². The van der Waals surface area contributed by atoms with Gasteiger partial charge in [0.15, 0.2) is 0 Å². The van der Waals surface area contributed by atoms with Crippen molar-refractivity contribution in [2.75, 3.05) is 5.32 Å². The van der Waals surface area contributed by atoms with Gasteiger partial charge in [-0.15, -0.1) is 0 Å². The molecule has 0 saturated heterocycles. The average molecular weight is 342 g/mol. The lowest BCUT2D eigenvalue weighted by Gasteiger charge is -2.29. The molecule has 1 aliphatic carbocycles. The van der Waals surface area contributed by atoms with Crippen molar-refractivity contribution in [3.8, 4) is 0 Å². The fraction of sp³-hybridized carbons (Fsp3) is 0.733. The van der Waals surface area contributed by atoms with E-state index in [9.17, 15) is 4.79 Å². The lowest BCUT2D eigenvalue weighted by Crippen LogP contribution is -2.32. The van der Waals surface area contributed by atoms with Gasteiger partial charge in [-0.1, -0.05) is 33.6 Å². The van der Waals surface area contributed by atoms with Crippen molar-refractivity contribution < 1.29 is 0 Å². The molecular weight excluding hydrogens is 318 g/mol. The van der Waals surface area contributed by atoms with Crippen LogP contribution in [0, 0.1) is 5.41 Å². The molecule has 1 fully saturated rings. The summed E-state index contributed by atoms with van der Waals surface area (Å²) >= 11 is 3.43. The van der Waals surface area contributed by atoms with Crippen LogP contribution in [0.25, 0.3) is 0 Å². The minimum absolute atomic E-state index is 0.0424. The summed E-state index contributed by atoms with van der Waals surface area (Å²) in [5.74, 6) is 0. The van der Waals surface area contributed by atoms with Gasteiger partial charge < -0.3 is 5.32 Å². The first-order valence-electron chi connectivity index (χ1n) is 7.48. The van der Waals surface area contributed by atoms with Crippen LogP contribution in [0.2, 0.25) is 0 Å². The maximum absolute atomic E-state index is 12.2. The van der Waals surface area contributed by atoms with Crippen LogP contribution in [-0.2, 0) is 6.54 Å². The highest BCUT2D eigenvalue weighted by Crippen LogP contribution is 2.39. The zero-order valence-electron chi connectivity index (χ0n) is 12.6. The van der Waals surface area contributed by atoms with E-state index in [1.165, 1.54) is 12.8 Å². The topological polar surface area (TPSA) is 46.9 Å². The predicted octanol–water partition coefficient (Wildman–Crippen LogP) is 3.80. The number of hydrogen-bond donors (Lipinski definition) is 1. The molecule has 4 nitrogen and oxygen atoms in total. The smallest absolute Gasteiger partial charge is 0.283 e. The van der Waals surface area contributed by atoms with Crippen molar-refractivity contribution >= 4 is 21.6 Å². The molecule has 1 heterocycles. The molecule has 5 heteroatoms. The summed E-state index contributed by atoms with van der Waals surface area (Å²) in [7, 11) is 0. The minimum Gasteiger partial charge on any atom is -0.379 e. The largest absolute Gasteiger partial charge is 0.379 e. The molecule has 0 amide bonds. The molecule has 1 atom stereocenters. The molecule has 0 radical (unpaired) electrons. The quantitative estimate of drug-likeness (QED) is 0.885. The molecule has 1 aromatic rings. The van der Waals surface area contributed by atoms with E-state index >= 15 is 0 Å². The molecular formula is C15H24BrN3O. The number of halogens is 1. The highest BCUT2D eigenvalue weighted by Gasteiger charge is 2.34. The Morgan fingerprint density at radius 3 is 2.90 bits per heavy atom. The maximum atomic E-state index is 12.2. The summed E-state index contributed by atoms with van der Waals surface area (Å²) in [6, 6.07) is 0.409. The van der Waals surface area contributed by atoms with Gasteiger partial charge in [0, 0.05) is 12.6 Å². The Hall–Kier alpha value is -0.840. The Morgan fingerprint density at radius 1 is 1.55 bits per heavy atom. The molecule has 1 unspecified atom stereocenters. The van der Waals surface area contributed by atoms with Crippen LogP contribution in [0.3, 0.4) is 0 Å². The normalized spacial score (nSPS) is 21.1. The summed E-state index contributed by atoms with van der Waals surface area (Å²) in [6.45, 7) is 7.35. The van der Waals surface area contributed by atoms with Crippen molar-refractivity contribution in [3.05, 3.63) is 21.0 Å². The highest BCUT2D eigenvalue weighted by molar-refractivity contribution is 9.10. The lowest BCUT2D eigenvalue weighted by atomic mass is 9.87. The Bertz CT molecular complexity index is 524. The summed E-state index contributed by atoms with van der Waals surface area (Å²) in [5, 5.41) is 7.78. The SMILES string of the molecule is CCCCn1ncc(NC2CCCC2(C)C)c(Br)c1=O. The van der Waals surface area contributed by atoms with E-state index in [1.54, 1.807) is 10.9 Å². The average Bonchev–Trinajstić information content (AvgIpc) is 2.73. The zero-order valence-corrected chi connectivity index (χ0v) is 14.2. The maximum Gasteiger partial charge on any atom is 0.283 e. The van der Waals surface area contributed by atoms with Gasteiger partial charge in [0.25, 0.3) is 5.56 Å². The molecule has 2 rings (SSSR count). The minimum atomic E-state index is -0.0424. The van der Waals surface area contributed by atoms with Crippen LogP contribution in [0.15, 0.2) is 15.5 Å². The molecule has 1 aliphatic rings. The third-order valence-corrected chi connectivity index (χ3v) is 5.06. The van der Waals surface area contributed by atoms with Gasteiger partial charge in [-0.2, -0.15) is 5.10 Å². The number of hydrogen-bond acceptors (Lipinski definition) is 3. The second-order valence-corrected chi connectivity index (χ2v) is 7.12. The summed E-state index contributed by atoms with van der Waals surface area (Å²) in [5.41, 5.74) is 1.05. The van der Waals surface area contributed by atoms with E-state index in [4.69, 9.17) is 0 Å². The molecule has 0 aromatic carbocycles. The van der Waals surface area contributed by atoms with E-state index in [0.717, 1.165) is 24.9 Å². The number of aryl methyl sites for hydroxylation is 1. The Kier molecular flexibility index (Phi) is 4.89. The van der Waals surface area contributed by atoms with Crippen LogP contribution < -0.4 is 10.9 Å². The summed E-state index contributed by atoms with van der Waals surface area (Å²) in [6.07, 6.45) is 7.42. The Morgan fingerprint density at radius 2 is 2.30 bits per heavy atom. The van der Waals surface area contributed by atoms with Gasteiger partial charge in [-0.05, 0) is 40.6 Å². The fourth-order valence-corrected chi connectivity index (χ4v) is 3.24. The summed E-state index contributed by atoms with van der Waals surface area (Å²) < 4.78 is 2.14. The highest BCUT2D eigenvalue weighted by atomic mass is 79.9. The van der Waals surface area contributed by atoms with E-state index in [1.807, 2.05) is 0 Å². The number of rotatable bonds is 5. The fourth-order valence-electron chi connectivity index (χ4n) is 2.81. The van der Waals surface area contributed by atoms with Crippen LogP contribution in [0.1, 0.15) is 52.9 Å². The van der Waals surface area contributed by atoms with Crippen molar-refractivity contribution in [1.29, 1.82) is 0 Å². The number of anilines is 1. The number of aromatic nitrogens is 2. The second kappa shape index (κ2) is 6.29. The molecule has 1 saturated carbocycles. The lowest BCUT2D eigenvalue weighted by molar-refractivity contribution is 0.349. The van der Waals surface area contributed by atoms with Gasteiger partial charge in [-0.3, -0.25) is 4.79 Å². The first kappa shape index (κ1) is 15.5. The standard InChI is InChI=1S/C15H24BrN3O/c1-4-5-9-19-14(20)13(16)11(10-17-19)18-12-7-6-8-15(12,2)3/h10,12,18H,4-9H2,1-3H3. The van der Waals surface area contributed by atoms with Crippen LogP contribution in [-0.4, -0.2) is 15.8 Å². The second-order valence-electron chi connectivity index (χ2n) is 6.33. The van der Waals surface area contributed by atoms with E-state index < -0.39 is 0 Å². The first-order valence-corrected chi connectivity index (χ1v) is 8.27. The van der Waals surface area contributed by atoms with E-state index in [2.05, 4.69) is 47.1 Å². The van der Waals surface area contributed by atoms with E-state index in [-0.39, 0.29) is 11.0 Å². The molecule has 0 spiro atoms. The molecule has 1 N–H and O–H groups in total. The summed E-state index contributed by atoms with van der Waals surface area (Å²) in [4.78, 5) is 12.2. The molecule has 0 bridgehead atoms. The van der Waals surface area contributed by atoms with Gasteiger partial charge in [-0.25, -0.2) is 4.68 Å². The third-order valence-electron chi connectivity index (χ3n) is 4.30.